The second-order valence-electron chi connectivity index (χ2n) is 3.91. The molecule has 1 rings (SSSR count). The van der Waals surface area contributed by atoms with Crippen LogP contribution in [0.4, 0.5) is 5.69 Å². The van der Waals surface area contributed by atoms with Crippen LogP contribution in [0.15, 0.2) is 30.3 Å². The van der Waals surface area contributed by atoms with Crippen LogP contribution in [-0.4, -0.2) is 38.5 Å². The van der Waals surface area contributed by atoms with Crippen molar-refractivity contribution in [3.8, 4) is 0 Å². The third-order valence-electron chi connectivity index (χ3n) is 2.30. The zero-order valence-corrected chi connectivity index (χ0v) is 11.9. The number of rotatable bonds is 8. The maximum absolute atomic E-state index is 11.7. The van der Waals surface area contributed by atoms with Crippen molar-refractivity contribution in [3.05, 3.63) is 35.9 Å². The fourth-order valence-corrected chi connectivity index (χ4v) is 2.31. The molecule has 2 N–H and O–H groups in total. The smallest absolute Gasteiger partial charge is 0.328 e. The molecule has 20 heavy (non-hydrogen) atoms. The topological polar surface area (TPSA) is 92.7 Å². The van der Waals surface area contributed by atoms with Gasteiger partial charge in [0.2, 0.25) is 10.0 Å². The molecule has 7 heteroatoms. The van der Waals surface area contributed by atoms with Crippen molar-refractivity contribution in [1.29, 1.82) is 0 Å². The van der Waals surface area contributed by atoms with E-state index >= 15 is 0 Å². The molecule has 0 amide bonds. The Morgan fingerprint density at radius 2 is 2.00 bits per heavy atom. The van der Waals surface area contributed by atoms with E-state index in [9.17, 15) is 13.2 Å². The molecule has 0 saturated heterocycles. The van der Waals surface area contributed by atoms with Crippen LogP contribution in [0.3, 0.4) is 0 Å². The van der Waals surface area contributed by atoms with E-state index in [4.69, 9.17) is 9.84 Å². The number of sulfonamides is 1. The Hall–Kier alpha value is -1.86. The minimum absolute atomic E-state index is 0.110. The summed E-state index contributed by atoms with van der Waals surface area (Å²) in [5.74, 6) is -1.15. The molecule has 0 saturated carbocycles. The first-order valence-electron chi connectivity index (χ1n) is 6.02. The third-order valence-corrected chi connectivity index (χ3v) is 3.55. The van der Waals surface area contributed by atoms with Gasteiger partial charge < -0.3 is 9.84 Å². The molecule has 0 aliphatic heterocycles. The van der Waals surface area contributed by atoms with E-state index in [0.717, 1.165) is 6.08 Å². The van der Waals surface area contributed by atoms with Crippen LogP contribution in [-0.2, 0) is 19.6 Å². The molecule has 0 radical (unpaired) electrons. The molecule has 0 aliphatic rings. The van der Waals surface area contributed by atoms with Gasteiger partial charge in [-0.3, -0.25) is 4.72 Å². The lowest BCUT2D eigenvalue weighted by molar-refractivity contribution is -0.131. The monoisotopic (exact) mass is 299 g/mol. The molecule has 0 unspecified atom stereocenters. The van der Waals surface area contributed by atoms with Gasteiger partial charge in [-0.25, -0.2) is 13.2 Å². The van der Waals surface area contributed by atoms with E-state index in [2.05, 4.69) is 4.72 Å². The maximum Gasteiger partial charge on any atom is 0.328 e. The minimum atomic E-state index is -3.43. The van der Waals surface area contributed by atoms with Crippen molar-refractivity contribution in [3.63, 3.8) is 0 Å². The second-order valence-corrected chi connectivity index (χ2v) is 5.75. The van der Waals surface area contributed by atoms with Gasteiger partial charge >= 0.3 is 5.97 Å². The number of benzene rings is 1. The van der Waals surface area contributed by atoms with E-state index in [-0.39, 0.29) is 12.4 Å². The summed E-state index contributed by atoms with van der Waals surface area (Å²) in [4.78, 5) is 10.4. The van der Waals surface area contributed by atoms with Gasteiger partial charge in [-0.05, 0) is 30.7 Å². The van der Waals surface area contributed by atoms with E-state index in [1.807, 2.05) is 0 Å². The lowest BCUT2D eigenvalue weighted by Crippen LogP contribution is -2.20. The van der Waals surface area contributed by atoms with Crippen molar-refractivity contribution < 1.29 is 23.1 Å². The summed E-state index contributed by atoms with van der Waals surface area (Å²) in [6, 6.07) is 6.39. The number of hydrogen-bond donors (Lipinski definition) is 2. The summed E-state index contributed by atoms with van der Waals surface area (Å²) in [6.45, 7) is 2.41. The highest BCUT2D eigenvalue weighted by Gasteiger charge is 2.09. The highest BCUT2D eigenvalue weighted by atomic mass is 32.2. The SMILES string of the molecule is CCOCCS(=O)(=O)Nc1ccc(C=CC(=O)O)cc1. The van der Waals surface area contributed by atoms with Gasteiger partial charge in [0, 0.05) is 18.4 Å². The van der Waals surface area contributed by atoms with E-state index < -0.39 is 16.0 Å². The van der Waals surface area contributed by atoms with Crippen molar-refractivity contribution in [2.45, 2.75) is 6.92 Å². The number of carbonyl (C=O) groups is 1. The molecule has 1 aromatic rings. The van der Waals surface area contributed by atoms with Crippen LogP contribution in [0.25, 0.3) is 6.08 Å². The average molecular weight is 299 g/mol. The van der Waals surface area contributed by atoms with Gasteiger partial charge in [0.15, 0.2) is 0 Å². The highest BCUT2D eigenvalue weighted by Crippen LogP contribution is 2.12. The summed E-state index contributed by atoms with van der Waals surface area (Å²) in [6.07, 6.45) is 2.44. The van der Waals surface area contributed by atoms with Gasteiger partial charge in [0.1, 0.15) is 0 Å². The Morgan fingerprint density at radius 1 is 1.35 bits per heavy atom. The number of hydrogen-bond acceptors (Lipinski definition) is 4. The molecular weight excluding hydrogens is 282 g/mol. The molecule has 0 atom stereocenters. The molecule has 1 aromatic carbocycles. The number of nitrogens with one attached hydrogen (secondary N) is 1. The van der Waals surface area contributed by atoms with Crippen molar-refractivity contribution in [1.82, 2.24) is 0 Å². The number of aliphatic carboxylic acids is 1. The normalized spacial score (nSPS) is 11.7. The van der Waals surface area contributed by atoms with Crippen LogP contribution in [0, 0.1) is 0 Å². The van der Waals surface area contributed by atoms with Gasteiger partial charge in [-0.2, -0.15) is 0 Å². The maximum atomic E-state index is 11.7. The molecule has 0 aliphatic carbocycles. The van der Waals surface area contributed by atoms with Gasteiger partial charge in [0.05, 0.1) is 12.4 Å². The first-order valence-corrected chi connectivity index (χ1v) is 7.67. The first kappa shape index (κ1) is 16.2. The lowest BCUT2D eigenvalue weighted by atomic mass is 10.2. The molecule has 6 nitrogen and oxygen atoms in total. The van der Waals surface area contributed by atoms with E-state index in [1.54, 1.807) is 31.2 Å². The molecular formula is C13H17NO5S. The Bertz CT molecular complexity index is 563. The number of carboxylic acids is 1. The number of carboxylic acid groups (broad SMARTS) is 1. The predicted molar refractivity (Wildman–Crippen MR) is 77.0 cm³/mol. The summed E-state index contributed by atoms with van der Waals surface area (Å²) < 4.78 is 30.8. The van der Waals surface area contributed by atoms with Crippen molar-refractivity contribution in [2.24, 2.45) is 0 Å². The Labute approximate surface area is 118 Å². The highest BCUT2D eigenvalue weighted by molar-refractivity contribution is 7.92. The zero-order chi connectivity index (χ0) is 15.0. The van der Waals surface area contributed by atoms with Gasteiger partial charge in [-0.1, -0.05) is 12.1 Å². The van der Waals surface area contributed by atoms with Crippen LogP contribution in [0.2, 0.25) is 0 Å². The molecule has 0 fully saturated rings. The van der Waals surface area contributed by atoms with E-state index in [1.165, 1.54) is 6.08 Å². The standard InChI is InChI=1S/C13H17NO5S/c1-2-19-9-10-20(17,18)14-12-6-3-11(4-7-12)5-8-13(15)16/h3-8,14H,2,9-10H2,1H3,(H,15,16). The third kappa shape index (κ3) is 6.35. The summed E-state index contributed by atoms with van der Waals surface area (Å²) in [7, 11) is -3.43. The van der Waals surface area contributed by atoms with Crippen molar-refractivity contribution >= 4 is 27.8 Å². The number of anilines is 1. The fraction of sp³-hybridized carbons (Fsp3) is 0.308. The van der Waals surface area contributed by atoms with Gasteiger partial charge in [0.25, 0.3) is 0 Å². The van der Waals surface area contributed by atoms with Crippen LogP contribution < -0.4 is 4.72 Å². The largest absolute Gasteiger partial charge is 0.478 e. The predicted octanol–water partition coefficient (Wildman–Crippen LogP) is 1.56. The van der Waals surface area contributed by atoms with E-state index in [0.29, 0.717) is 17.9 Å². The Morgan fingerprint density at radius 3 is 2.55 bits per heavy atom. The molecule has 0 aromatic heterocycles. The van der Waals surface area contributed by atoms with Gasteiger partial charge in [-0.15, -0.1) is 0 Å². The van der Waals surface area contributed by atoms with Crippen LogP contribution in [0.1, 0.15) is 12.5 Å². The molecule has 0 spiro atoms. The summed E-state index contributed by atoms with van der Waals surface area (Å²) in [5, 5.41) is 8.49. The van der Waals surface area contributed by atoms with Crippen LogP contribution >= 0.6 is 0 Å². The Kier molecular flexibility index (Phi) is 6.20. The zero-order valence-electron chi connectivity index (χ0n) is 11.1. The first-order chi connectivity index (χ1) is 9.43. The van der Waals surface area contributed by atoms with Crippen LogP contribution in [0.5, 0.6) is 0 Å². The average Bonchev–Trinajstić information content (AvgIpc) is 2.37. The van der Waals surface area contributed by atoms with Crippen molar-refractivity contribution in [2.75, 3.05) is 23.7 Å². The lowest BCUT2D eigenvalue weighted by Gasteiger charge is -2.08. The number of ether oxygens (including phenoxy) is 1. The quantitative estimate of drug-likeness (QED) is 0.561. The molecule has 110 valence electrons. The Balaban J connectivity index is 2.63. The summed E-state index contributed by atoms with van der Waals surface area (Å²) in [5.41, 5.74) is 1.10. The molecule has 0 heterocycles. The summed E-state index contributed by atoms with van der Waals surface area (Å²) >= 11 is 0. The second kappa shape index (κ2) is 7.66. The minimum Gasteiger partial charge on any atom is -0.478 e. The molecule has 0 bridgehead atoms. The fourth-order valence-electron chi connectivity index (χ4n) is 1.37.